The van der Waals surface area contributed by atoms with E-state index in [9.17, 15) is 4.79 Å². The van der Waals surface area contributed by atoms with E-state index in [1.54, 1.807) is 29.1 Å². The lowest BCUT2D eigenvalue weighted by atomic mass is 9.92. The molecule has 2 heterocycles. The molecule has 1 amide bonds. The highest BCUT2D eigenvalue weighted by atomic mass is 35.5. The van der Waals surface area contributed by atoms with Crippen LogP contribution < -0.4 is 5.32 Å². The summed E-state index contributed by atoms with van der Waals surface area (Å²) in [5, 5.41) is 15.8. The summed E-state index contributed by atoms with van der Waals surface area (Å²) in [6, 6.07) is 9.06. The zero-order valence-electron chi connectivity index (χ0n) is 14.6. The molecule has 26 heavy (non-hydrogen) atoms. The molecule has 2 aromatic heterocycles. The Kier molecular flexibility index (Phi) is 5.33. The standard InChI is InChI=1S/C17H18ClN5O2S/c1-17(2,3)13-8-15(25-22-13)20-14(24)9-26-16-21-19-10-23(16)12-6-4-5-11(18)7-12/h4-8,10H,9H2,1-3H3,(H,20,24). The van der Waals surface area contributed by atoms with Crippen molar-refractivity contribution in [2.24, 2.45) is 0 Å². The molecule has 0 radical (unpaired) electrons. The van der Waals surface area contributed by atoms with E-state index in [0.717, 1.165) is 11.4 Å². The Morgan fingerprint density at radius 2 is 2.15 bits per heavy atom. The Bertz CT molecular complexity index is 916. The number of rotatable bonds is 5. The molecule has 1 aromatic carbocycles. The molecule has 0 saturated carbocycles. The molecule has 0 aliphatic heterocycles. The van der Waals surface area contributed by atoms with Crippen LogP contribution in [0.15, 0.2) is 46.3 Å². The van der Waals surface area contributed by atoms with Gasteiger partial charge in [-0.25, -0.2) is 0 Å². The highest BCUT2D eigenvalue weighted by Gasteiger charge is 2.20. The monoisotopic (exact) mass is 391 g/mol. The molecule has 136 valence electrons. The first-order valence-electron chi connectivity index (χ1n) is 7.89. The van der Waals surface area contributed by atoms with Gasteiger partial charge in [0.25, 0.3) is 0 Å². The second kappa shape index (κ2) is 7.51. The van der Waals surface area contributed by atoms with Gasteiger partial charge in [-0.2, -0.15) is 0 Å². The van der Waals surface area contributed by atoms with Crippen LogP contribution in [-0.4, -0.2) is 31.6 Å². The van der Waals surface area contributed by atoms with Gasteiger partial charge in [-0.3, -0.25) is 14.7 Å². The van der Waals surface area contributed by atoms with Crippen molar-refractivity contribution in [2.75, 3.05) is 11.1 Å². The van der Waals surface area contributed by atoms with Crippen molar-refractivity contribution in [1.82, 2.24) is 19.9 Å². The number of amides is 1. The van der Waals surface area contributed by atoms with E-state index in [4.69, 9.17) is 16.1 Å². The average Bonchev–Trinajstić information content (AvgIpc) is 3.21. The van der Waals surface area contributed by atoms with E-state index in [1.807, 2.05) is 32.9 Å². The van der Waals surface area contributed by atoms with Gasteiger partial charge in [0, 0.05) is 16.5 Å². The van der Waals surface area contributed by atoms with Crippen molar-refractivity contribution in [3.63, 3.8) is 0 Å². The highest BCUT2D eigenvalue weighted by Crippen LogP contribution is 2.24. The number of carbonyl (C=O) groups excluding carboxylic acids is 1. The minimum Gasteiger partial charge on any atom is -0.338 e. The second-order valence-electron chi connectivity index (χ2n) is 6.63. The largest absolute Gasteiger partial charge is 0.338 e. The average molecular weight is 392 g/mol. The van der Waals surface area contributed by atoms with E-state index in [2.05, 4.69) is 20.7 Å². The minimum atomic E-state index is -0.216. The van der Waals surface area contributed by atoms with Crippen LogP contribution in [-0.2, 0) is 10.2 Å². The summed E-state index contributed by atoms with van der Waals surface area (Å²) >= 11 is 7.29. The lowest BCUT2D eigenvalue weighted by Gasteiger charge is -2.12. The Morgan fingerprint density at radius 3 is 2.85 bits per heavy atom. The molecule has 0 aliphatic rings. The van der Waals surface area contributed by atoms with Gasteiger partial charge in [0.05, 0.1) is 17.1 Å². The maximum Gasteiger partial charge on any atom is 0.237 e. The number of hydrogen-bond acceptors (Lipinski definition) is 6. The molecule has 3 rings (SSSR count). The quantitative estimate of drug-likeness (QED) is 0.663. The van der Waals surface area contributed by atoms with Crippen LogP contribution in [0.5, 0.6) is 0 Å². The highest BCUT2D eigenvalue weighted by molar-refractivity contribution is 7.99. The maximum atomic E-state index is 12.2. The molecule has 1 N–H and O–H groups in total. The normalized spacial score (nSPS) is 11.5. The van der Waals surface area contributed by atoms with Crippen molar-refractivity contribution in [3.05, 3.63) is 47.4 Å². The van der Waals surface area contributed by atoms with Gasteiger partial charge in [0.2, 0.25) is 11.8 Å². The summed E-state index contributed by atoms with van der Waals surface area (Å²) in [6.45, 7) is 6.07. The third-order valence-corrected chi connectivity index (χ3v) is 4.65. The number of halogens is 1. The Morgan fingerprint density at radius 1 is 1.35 bits per heavy atom. The number of hydrogen-bond donors (Lipinski definition) is 1. The van der Waals surface area contributed by atoms with Gasteiger partial charge in [-0.05, 0) is 18.2 Å². The summed E-state index contributed by atoms with van der Waals surface area (Å²) in [7, 11) is 0. The van der Waals surface area contributed by atoms with Crippen LogP contribution in [0, 0.1) is 0 Å². The molecular weight excluding hydrogens is 374 g/mol. The van der Waals surface area contributed by atoms with E-state index in [0.29, 0.717) is 16.1 Å². The lowest BCUT2D eigenvalue weighted by molar-refractivity contribution is -0.113. The number of aromatic nitrogens is 4. The lowest BCUT2D eigenvalue weighted by Crippen LogP contribution is -2.14. The van der Waals surface area contributed by atoms with Crippen LogP contribution in [0.25, 0.3) is 5.69 Å². The van der Waals surface area contributed by atoms with Crippen LogP contribution in [0.1, 0.15) is 26.5 Å². The first-order valence-corrected chi connectivity index (χ1v) is 9.25. The molecule has 7 nitrogen and oxygen atoms in total. The number of nitrogens with one attached hydrogen (secondary N) is 1. The fourth-order valence-electron chi connectivity index (χ4n) is 2.12. The molecule has 0 spiro atoms. The summed E-state index contributed by atoms with van der Waals surface area (Å²) in [4.78, 5) is 12.2. The van der Waals surface area contributed by atoms with Crippen molar-refractivity contribution in [2.45, 2.75) is 31.3 Å². The van der Waals surface area contributed by atoms with Gasteiger partial charge in [0.1, 0.15) is 6.33 Å². The van der Waals surface area contributed by atoms with Crippen LogP contribution in [0.3, 0.4) is 0 Å². The van der Waals surface area contributed by atoms with Gasteiger partial charge in [-0.1, -0.05) is 55.4 Å². The SMILES string of the molecule is CC(C)(C)c1cc(NC(=O)CSc2nncn2-c2cccc(Cl)c2)on1. The molecule has 0 aliphatic carbocycles. The summed E-state index contributed by atoms with van der Waals surface area (Å²) < 4.78 is 6.94. The molecule has 0 fully saturated rings. The molecule has 3 aromatic rings. The summed E-state index contributed by atoms with van der Waals surface area (Å²) in [5.74, 6) is 0.272. The molecule has 0 bridgehead atoms. The fourth-order valence-corrected chi connectivity index (χ4v) is 3.03. The predicted octanol–water partition coefficient (Wildman–Crippen LogP) is 3.94. The molecule has 0 unspecified atom stereocenters. The number of anilines is 1. The van der Waals surface area contributed by atoms with Gasteiger partial charge < -0.3 is 4.52 Å². The van der Waals surface area contributed by atoms with E-state index >= 15 is 0 Å². The van der Waals surface area contributed by atoms with E-state index < -0.39 is 0 Å². The Labute approximate surface area is 160 Å². The maximum absolute atomic E-state index is 12.2. The first-order chi connectivity index (χ1) is 12.3. The number of nitrogens with zero attached hydrogens (tertiary/aromatic N) is 4. The van der Waals surface area contributed by atoms with E-state index in [1.165, 1.54) is 11.8 Å². The van der Waals surface area contributed by atoms with Crippen LogP contribution in [0.2, 0.25) is 5.02 Å². The Balaban J connectivity index is 1.62. The molecule has 9 heteroatoms. The number of benzene rings is 1. The van der Waals surface area contributed by atoms with Gasteiger partial charge in [-0.15, -0.1) is 10.2 Å². The van der Waals surface area contributed by atoms with Crippen molar-refractivity contribution in [1.29, 1.82) is 0 Å². The van der Waals surface area contributed by atoms with Gasteiger partial charge >= 0.3 is 0 Å². The predicted molar refractivity (Wildman–Crippen MR) is 101 cm³/mol. The smallest absolute Gasteiger partial charge is 0.237 e. The minimum absolute atomic E-state index is 0.144. The Hall–Kier alpha value is -2.32. The fraction of sp³-hybridized carbons (Fsp3) is 0.294. The topological polar surface area (TPSA) is 85.8 Å². The zero-order chi connectivity index (χ0) is 18.7. The number of thioether (sulfide) groups is 1. The molecule has 0 saturated heterocycles. The molecular formula is C17H18ClN5O2S. The van der Waals surface area contributed by atoms with Gasteiger partial charge in [0.15, 0.2) is 5.16 Å². The summed E-state index contributed by atoms with van der Waals surface area (Å²) in [5.41, 5.74) is 1.46. The van der Waals surface area contributed by atoms with Crippen molar-refractivity contribution in [3.8, 4) is 5.69 Å². The third kappa shape index (κ3) is 4.44. The second-order valence-corrected chi connectivity index (χ2v) is 8.01. The van der Waals surface area contributed by atoms with Crippen molar-refractivity contribution >= 4 is 35.2 Å². The van der Waals surface area contributed by atoms with Crippen LogP contribution >= 0.6 is 23.4 Å². The first kappa shape index (κ1) is 18.5. The molecule has 0 atom stereocenters. The van der Waals surface area contributed by atoms with Crippen molar-refractivity contribution < 1.29 is 9.32 Å². The summed E-state index contributed by atoms with van der Waals surface area (Å²) in [6.07, 6.45) is 1.58. The van der Waals surface area contributed by atoms with Crippen LogP contribution in [0.4, 0.5) is 5.88 Å². The van der Waals surface area contributed by atoms with E-state index in [-0.39, 0.29) is 17.1 Å². The number of carbonyl (C=O) groups is 1. The third-order valence-electron chi connectivity index (χ3n) is 3.48. The zero-order valence-corrected chi connectivity index (χ0v) is 16.1.